The molecule has 3 heterocycles. The number of rotatable bonds is 3. The number of carbonyl (C=O) groups excluding carboxylic acids is 2. The fourth-order valence-electron chi connectivity index (χ4n) is 7.84. The van der Waals surface area contributed by atoms with Crippen molar-refractivity contribution in [2.24, 2.45) is 23.2 Å². The molecule has 12 nitrogen and oxygen atoms in total. The van der Waals surface area contributed by atoms with E-state index in [0.29, 0.717) is 37.1 Å². The number of urea groups is 1. The molecule has 0 unspecified atom stereocenters. The third kappa shape index (κ3) is 7.13. The maximum atomic E-state index is 15.0. The number of nitrogens with one attached hydrogen (secondary N) is 2. The Balaban J connectivity index is 1.35. The van der Waals surface area contributed by atoms with Crippen molar-refractivity contribution in [1.82, 2.24) is 14.5 Å². The van der Waals surface area contributed by atoms with Crippen molar-refractivity contribution >= 4 is 44.8 Å². The van der Waals surface area contributed by atoms with Gasteiger partial charge in [-0.15, -0.1) is 4.36 Å². The summed E-state index contributed by atoms with van der Waals surface area (Å²) in [5, 5.41) is 7.45. The summed E-state index contributed by atoms with van der Waals surface area (Å²) >= 11 is 6.46. The van der Waals surface area contributed by atoms with Crippen molar-refractivity contribution in [3.63, 3.8) is 0 Å². The van der Waals surface area contributed by atoms with Gasteiger partial charge in [-0.1, -0.05) is 29.8 Å². The highest BCUT2D eigenvalue weighted by Gasteiger charge is 2.44. The SMILES string of the molecule is CO[C@H]1/C=C/COC(C)(C)C(=O)N=[S@@](=O)(NC(=O)Nc2cnn(C)c2)c2ccc3c(c2)N(C[C@@H]2CC[C@H]21)C[C@@]1(CCCc2cc(Cl)ccc21)CO3. The molecule has 1 spiro atoms. The smallest absolute Gasteiger partial charge is 0.332 e. The average molecular weight is 737 g/mol. The molecule has 51 heavy (non-hydrogen) atoms. The summed E-state index contributed by atoms with van der Waals surface area (Å²) in [6.07, 6.45) is 11.7. The molecule has 7 rings (SSSR count). The number of anilines is 2. The number of hydrogen-bond acceptors (Lipinski definition) is 8. The molecule has 2 N–H and O–H groups in total. The first-order valence-electron chi connectivity index (χ1n) is 17.4. The first-order valence-corrected chi connectivity index (χ1v) is 19.3. The Morgan fingerprint density at radius 1 is 1.18 bits per heavy atom. The van der Waals surface area contributed by atoms with Crippen LogP contribution in [0.4, 0.5) is 16.2 Å². The second kappa shape index (κ2) is 13.9. The van der Waals surface area contributed by atoms with E-state index in [1.54, 1.807) is 52.4 Å². The highest BCUT2D eigenvalue weighted by Crippen LogP contribution is 2.47. The second-order valence-corrected chi connectivity index (χ2v) is 16.9. The van der Waals surface area contributed by atoms with E-state index in [9.17, 15) is 13.8 Å². The largest absolute Gasteiger partial charge is 0.490 e. The zero-order chi connectivity index (χ0) is 36.0. The molecule has 1 aromatic heterocycles. The zero-order valence-electron chi connectivity index (χ0n) is 29.4. The van der Waals surface area contributed by atoms with Gasteiger partial charge in [0, 0.05) is 43.9 Å². The van der Waals surface area contributed by atoms with Crippen LogP contribution >= 0.6 is 11.6 Å². The summed E-state index contributed by atoms with van der Waals surface area (Å²) in [4.78, 5) is 29.6. The van der Waals surface area contributed by atoms with Crippen LogP contribution in [0.5, 0.6) is 5.75 Å². The van der Waals surface area contributed by atoms with Gasteiger partial charge in [0.05, 0.1) is 41.8 Å². The van der Waals surface area contributed by atoms with Gasteiger partial charge in [-0.25, -0.2) is 13.7 Å². The number of aromatic nitrogens is 2. The number of amides is 3. The van der Waals surface area contributed by atoms with Gasteiger partial charge >= 0.3 is 6.03 Å². The van der Waals surface area contributed by atoms with Crippen molar-refractivity contribution < 1.29 is 28.0 Å². The molecule has 2 aliphatic carbocycles. The van der Waals surface area contributed by atoms with Crippen molar-refractivity contribution in [1.29, 1.82) is 0 Å². The quantitative estimate of drug-likeness (QED) is 0.311. The maximum Gasteiger partial charge on any atom is 0.332 e. The third-order valence-electron chi connectivity index (χ3n) is 10.7. The minimum absolute atomic E-state index is 0.120. The highest BCUT2D eigenvalue weighted by atomic mass is 35.5. The van der Waals surface area contributed by atoms with Crippen LogP contribution in [0.15, 0.2) is 70.2 Å². The molecule has 14 heteroatoms. The molecular weight excluding hydrogens is 692 g/mol. The number of aryl methyl sites for hydroxylation is 2. The topological polar surface area (TPSA) is 136 Å². The normalized spacial score (nSPS) is 29.3. The molecular formula is C37H45ClN6O6S. The molecule has 5 atom stereocenters. The summed E-state index contributed by atoms with van der Waals surface area (Å²) in [6, 6.07) is 10.5. The van der Waals surface area contributed by atoms with E-state index in [4.69, 9.17) is 25.8 Å². The number of halogens is 1. The predicted molar refractivity (Wildman–Crippen MR) is 196 cm³/mol. The highest BCUT2D eigenvalue weighted by molar-refractivity contribution is 7.92. The van der Waals surface area contributed by atoms with E-state index in [-0.39, 0.29) is 28.9 Å². The van der Waals surface area contributed by atoms with Gasteiger partial charge in [0.25, 0.3) is 5.91 Å². The first-order chi connectivity index (χ1) is 24.4. The Kier molecular flexibility index (Phi) is 9.68. The van der Waals surface area contributed by atoms with Crippen molar-refractivity contribution in [2.45, 2.75) is 68.0 Å². The average Bonchev–Trinajstić information content (AvgIpc) is 3.42. The second-order valence-electron chi connectivity index (χ2n) is 14.6. The fourth-order valence-corrected chi connectivity index (χ4v) is 9.58. The lowest BCUT2D eigenvalue weighted by molar-refractivity contribution is -0.137. The van der Waals surface area contributed by atoms with Crippen molar-refractivity contribution in [3.05, 3.63) is 77.1 Å². The Morgan fingerprint density at radius 3 is 2.76 bits per heavy atom. The molecule has 272 valence electrons. The van der Waals surface area contributed by atoms with Gasteiger partial charge in [-0.3, -0.25) is 9.48 Å². The summed E-state index contributed by atoms with van der Waals surface area (Å²) in [5.74, 6) is 0.434. The number of ether oxygens (including phenoxy) is 3. The Hall–Kier alpha value is -3.91. The van der Waals surface area contributed by atoms with Crippen LogP contribution in [0.25, 0.3) is 0 Å². The molecule has 4 aliphatic rings. The van der Waals surface area contributed by atoms with Gasteiger partial charge < -0.3 is 24.4 Å². The summed E-state index contributed by atoms with van der Waals surface area (Å²) in [5.41, 5.74) is 1.83. The minimum Gasteiger partial charge on any atom is -0.490 e. The molecule has 0 radical (unpaired) electrons. The standard InChI is InChI=1S/C37H45ClN6O6S/c1-36(2)34(45)41-51(47,42-35(46)40-27-19-39-43(3)21-27)28-11-14-33-31(18-28)44(20-25-9-12-29(25)32(48-4)8-6-16-50-36)22-37(23-49-33)15-5-7-24-17-26(38)10-13-30(24)37/h6,8,10-11,13-14,17-19,21,25,29,32H,5,7,9,12,15-16,20,22-23H2,1-4H3,(H2,40,41,42,45,46,47)/b8-6+/t25-,29+,32-,37-,51+/m0/s1. The summed E-state index contributed by atoms with van der Waals surface area (Å²) in [7, 11) is -0.460. The summed E-state index contributed by atoms with van der Waals surface area (Å²) < 4.78 is 41.9. The predicted octanol–water partition coefficient (Wildman–Crippen LogP) is 6.04. The van der Waals surface area contributed by atoms with Crippen LogP contribution in [0, 0.1) is 11.8 Å². The van der Waals surface area contributed by atoms with Crippen LogP contribution in [0.1, 0.15) is 50.7 Å². The van der Waals surface area contributed by atoms with Gasteiger partial charge in [-0.05, 0) is 99.2 Å². The van der Waals surface area contributed by atoms with Gasteiger partial charge in [0.15, 0.2) is 9.92 Å². The summed E-state index contributed by atoms with van der Waals surface area (Å²) in [6.45, 7) is 5.08. The Bertz CT molecular complexity index is 1990. The molecule has 2 bridgehead atoms. The van der Waals surface area contributed by atoms with Crippen LogP contribution in [0.2, 0.25) is 5.02 Å². The minimum atomic E-state index is -3.90. The lowest BCUT2D eigenvalue weighted by Gasteiger charge is -2.46. The van der Waals surface area contributed by atoms with Gasteiger partial charge in [-0.2, -0.15) is 5.10 Å². The van der Waals surface area contributed by atoms with Crippen LogP contribution in [-0.2, 0) is 43.1 Å². The first kappa shape index (κ1) is 35.5. The number of methoxy groups -OCH3 is 1. The number of carbonyl (C=O) groups is 2. The monoisotopic (exact) mass is 736 g/mol. The Labute approximate surface area is 304 Å². The third-order valence-corrected chi connectivity index (χ3v) is 12.8. The number of hydrogen-bond donors (Lipinski definition) is 2. The van der Waals surface area contributed by atoms with E-state index >= 15 is 0 Å². The number of fused-ring (bicyclic) bond motifs is 4. The van der Waals surface area contributed by atoms with Gasteiger partial charge in [0.1, 0.15) is 11.4 Å². The van der Waals surface area contributed by atoms with E-state index < -0.39 is 27.5 Å². The fraction of sp³-hybridized carbons (Fsp3) is 0.486. The molecule has 1 fully saturated rings. The van der Waals surface area contributed by atoms with Crippen LogP contribution < -0.4 is 19.7 Å². The number of benzene rings is 2. The lowest BCUT2D eigenvalue weighted by Crippen LogP contribution is -2.49. The van der Waals surface area contributed by atoms with E-state index in [1.807, 2.05) is 18.2 Å². The molecule has 2 aliphatic heterocycles. The molecule has 1 saturated carbocycles. The van der Waals surface area contributed by atoms with Crippen LogP contribution in [0.3, 0.4) is 0 Å². The zero-order valence-corrected chi connectivity index (χ0v) is 31.0. The van der Waals surface area contributed by atoms with Crippen molar-refractivity contribution in [3.8, 4) is 5.75 Å². The molecule has 0 saturated heterocycles. The maximum absolute atomic E-state index is 15.0. The molecule has 3 amide bonds. The van der Waals surface area contributed by atoms with E-state index in [0.717, 1.165) is 42.8 Å². The Morgan fingerprint density at radius 2 is 2.02 bits per heavy atom. The number of nitrogens with zero attached hydrogens (tertiary/aromatic N) is 4. The lowest BCUT2D eigenvalue weighted by atomic mass is 9.68. The van der Waals surface area contributed by atoms with E-state index in [1.165, 1.54) is 22.0 Å². The molecule has 2 aromatic carbocycles. The van der Waals surface area contributed by atoms with E-state index in [2.05, 4.69) is 36.5 Å². The van der Waals surface area contributed by atoms with Crippen LogP contribution in [-0.4, -0.2) is 71.0 Å². The van der Waals surface area contributed by atoms with Gasteiger partial charge in [0.2, 0.25) is 0 Å². The molecule has 3 aromatic rings. The van der Waals surface area contributed by atoms with Crippen molar-refractivity contribution in [2.75, 3.05) is 43.6 Å².